The molecule has 0 saturated carbocycles. The van der Waals surface area contributed by atoms with Crippen LogP contribution in [-0.2, 0) is 0 Å². The van der Waals surface area contributed by atoms with Crippen molar-refractivity contribution in [1.82, 2.24) is 9.88 Å². The van der Waals surface area contributed by atoms with Gasteiger partial charge in [-0.15, -0.1) is 0 Å². The number of halogens is 1. The summed E-state index contributed by atoms with van der Waals surface area (Å²) in [5, 5.41) is 11.1. The lowest BCUT2D eigenvalue weighted by molar-refractivity contribution is 0.106. The van der Waals surface area contributed by atoms with Gasteiger partial charge < -0.3 is 5.11 Å². The molecule has 0 spiro atoms. The zero-order valence-electron chi connectivity index (χ0n) is 11.8. The summed E-state index contributed by atoms with van der Waals surface area (Å²) in [5.41, 5.74) is 2.08. The third-order valence-electron chi connectivity index (χ3n) is 4.13. The van der Waals surface area contributed by atoms with Gasteiger partial charge in [-0.2, -0.15) is 0 Å². The van der Waals surface area contributed by atoms with Crippen molar-refractivity contribution in [3.63, 3.8) is 0 Å². The Morgan fingerprint density at radius 1 is 1.24 bits per heavy atom. The van der Waals surface area contributed by atoms with Crippen LogP contribution in [0.15, 0.2) is 48.8 Å². The molecule has 21 heavy (non-hydrogen) atoms. The van der Waals surface area contributed by atoms with Crippen LogP contribution in [0.5, 0.6) is 0 Å². The normalized spacial score (nSPS) is 20.6. The second-order valence-corrected chi connectivity index (χ2v) is 5.88. The minimum atomic E-state index is -0.555. The maximum absolute atomic E-state index is 10.5. The van der Waals surface area contributed by atoms with Gasteiger partial charge in [0, 0.05) is 35.6 Å². The predicted octanol–water partition coefficient (Wildman–Crippen LogP) is 3.61. The van der Waals surface area contributed by atoms with Crippen molar-refractivity contribution in [2.75, 3.05) is 13.1 Å². The number of hydrogen-bond donors (Lipinski definition) is 1. The van der Waals surface area contributed by atoms with Crippen molar-refractivity contribution in [1.29, 1.82) is 0 Å². The van der Waals surface area contributed by atoms with Gasteiger partial charge in [-0.1, -0.05) is 29.8 Å². The standard InChI is InChI=1S/C17H19ClN2O/c18-15-5-2-1-4-14(15)17(21)12-20-11-3-6-16(20)13-7-9-19-10-8-13/h1-2,4-5,7-10,16-17,21H,3,6,11-12H2. The van der Waals surface area contributed by atoms with E-state index in [4.69, 9.17) is 11.6 Å². The van der Waals surface area contributed by atoms with Gasteiger partial charge in [0.1, 0.15) is 0 Å². The summed E-state index contributed by atoms with van der Waals surface area (Å²) in [5.74, 6) is 0. The summed E-state index contributed by atoms with van der Waals surface area (Å²) in [4.78, 5) is 6.41. The predicted molar refractivity (Wildman–Crippen MR) is 84.2 cm³/mol. The number of likely N-dealkylation sites (tertiary alicyclic amines) is 1. The molecule has 4 heteroatoms. The van der Waals surface area contributed by atoms with Gasteiger partial charge in [-0.3, -0.25) is 9.88 Å². The van der Waals surface area contributed by atoms with Gasteiger partial charge in [0.25, 0.3) is 0 Å². The number of nitrogens with zero attached hydrogens (tertiary/aromatic N) is 2. The number of rotatable bonds is 4. The largest absolute Gasteiger partial charge is 0.387 e. The van der Waals surface area contributed by atoms with E-state index in [1.54, 1.807) is 0 Å². The van der Waals surface area contributed by atoms with Crippen LogP contribution in [0.2, 0.25) is 5.02 Å². The van der Waals surface area contributed by atoms with Crippen molar-refractivity contribution >= 4 is 11.6 Å². The van der Waals surface area contributed by atoms with E-state index < -0.39 is 6.10 Å². The molecule has 0 radical (unpaired) electrons. The molecule has 1 N–H and O–H groups in total. The third-order valence-corrected chi connectivity index (χ3v) is 4.47. The number of aliphatic hydroxyl groups excluding tert-OH is 1. The first-order valence-electron chi connectivity index (χ1n) is 7.32. The van der Waals surface area contributed by atoms with E-state index in [-0.39, 0.29) is 0 Å². The quantitative estimate of drug-likeness (QED) is 0.937. The molecule has 1 saturated heterocycles. The summed E-state index contributed by atoms with van der Waals surface area (Å²) in [6.07, 6.45) is 5.38. The Kier molecular flexibility index (Phi) is 4.54. The van der Waals surface area contributed by atoms with Crippen LogP contribution < -0.4 is 0 Å². The van der Waals surface area contributed by atoms with E-state index in [1.807, 2.05) is 36.7 Å². The topological polar surface area (TPSA) is 36.4 Å². The molecule has 1 aromatic carbocycles. The Labute approximate surface area is 130 Å². The van der Waals surface area contributed by atoms with E-state index in [0.29, 0.717) is 17.6 Å². The number of benzene rings is 1. The smallest absolute Gasteiger partial charge is 0.0931 e. The molecule has 1 fully saturated rings. The summed E-state index contributed by atoms with van der Waals surface area (Å²) in [6.45, 7) is 1.62. The van der Waals surface area contributed by atoms with Crippen LogP contribution in [0, 0.1) is 0 Å². The highest BCUT2D eigenvalue weighted by molar-refractivity contribution is 6.31. The Morgan fingerprint density at radius 3 is 2.76 bits per heavy atom. The Bertz CT molecular complexity index is 590. The molecule has 2 heterocycles. The van der Waals surface area contributed by atoms with Crippen molar-refractivity contribution in [2.45, 2.75) is 25.0 Å². The SMILES string of the molecule is OC(CN1CCCC1c1ccncc1)c1ccccc1Cl. The number of β-amino-alcohol motifs (C(OH)–C–C–N with tert-alkyl or cyclic N) is 1. The minimum Gasteiger partial charge on any atom is -0.387 e. The number of aromatic nitrogens is 1. The second-order valence-electron chi connectivity index (χ2n) is 5.47. The molecule has 2 unspecified atom stereocenters. The molecule has 2 aromatic rings. The number of aliphatic hydroxyl groups is 1. The fourth-order valence-electron chi connectivity index (χ4n) is 3.07. The molecule has 1 aromatic heterocycles. The summed E-state index contributed by atoms with van der Waals surface area (Å²) in [7, 11) is 0. The molecular formula is C17H19ClN2O. The van der Waals surface area contributed by atoms with Crippen LogP contribution >= 0.6 is 11.6 Å². The minimum absolute atomic E-state index is 0.366. The molecule has 2 atom stereocenters. The van der Waals surface area contributed by atoms with E-state index in [1.165, 1.54) is 5.56 Å². The van der Waals surface area contributed by atoms with Gasteiger partial charge in [-0.25, -0.2) is 0 Å². The summed E-state index contributed by atoms with van der Waals surface area (Å²) < 4.78 is 0. The zero-order chi connectivity index (χ0) is 14.7. The highest BCUT2D eigenvalue weighted by Gasteiger charge is 2.28. The fourth-order valence-corrected chi connectivity index (χ4v) is 3.34. The van der Waals surface area contributed by atoms with Crippen LogP contribution in [0.1, 0.15) is 36.1 Å². The van der Waals surface area contributed by atoms with E-state index in [0.717, 1.165) is 24.9 Å². The van der Waals surface area contributed by atoms with Gasteiger partial charge >= 0.3 is 0 Å². The highest BCUT2D eigenvalue weighted by atomic mass is 35.5. The Morgan fingerprint density at radius 2 is 2.00 bits per heavy atom. The van der Waals surface area contributed by atoms with E-state index in [2.05, 4.69) is 22.0 Å². The van der Waals surface area contributed by atoms with Gasteiger partial charge in [0.05, 0.1) is 6.10 Å². The van der Waals surface area contributed by atoms with E-state index >= 15 is 0 Å². The Hall–Kier alpha value is -1.42. The van der Waals surface area contributed by atoms with Crippen LogP contribution in [0.3, 0.4) is 0 Å². The first-order chi connectivity index (χ1) is 10.3. The van der Waals surface area contributed by atoms with Crippen LogP contribution in [-0.4, -0.2) is 28.1 Å². The molecular weight excluding hydrogens is 284 g/mol. The van der Waals surface area contributed by atoms with Gasteiger partial charge in [-0.05, 0) is 43.1 Å². The fraction of sp³-hybridized carbons (Fsp3) is 0.353. The first kappa shape index (κ1) is 14.5. The Balaban J connectivity index is 1.73. The summed E-state index contributed by atoms with van der Waals surface area (Å²) in [6, 6.07) is 12.0. The van der Waals surface area contributed by atoms with Crippen molar-refractivity contribution in [3.05, 3.63) is 64.9 Å². The molecule has 3 nitrogen and oxygen atoms in total. The van der Waals surface area contributed by atoms with Crippen molar-refractivity contribution in [3.8, 4) is 0 Å². The summed E-state index contributed by atoms with van der Waals surface area (Å²) >= 11 is 6.17. The number of pyridine rings is 1. The third kappa shape index (κ3) is 3.26. The van der Waals surface area contributed by atoms with Crippen molar-refractivity contribution in [2.24, 2.45) is 0 Å². The molecule has 0 amide bonds. The average Bonchev–Trinajstić information content (AvgIpc) is 2.96. The maximum Gasteiger partial charge on any atom is 0.0931 e. The molecule has 0 aliphatic carbocycles. The molecule has 1 aliphatic rings. The van der Waals surface area contributed by atoms with Crippen molar-refractivity contribution < 1.29 is 5.11 Å². The highest BCUT2D eigenvalue weighted by Crippen LogP contribution is 2.34. The molecule has 110 valence electrons. The van der Waals surface area contributed by atoms with Crippen LogP contribution in [0.4, 0.5) is 0 Å². The lowest BCUT2D eigenvalue weighted by Gasteiger charge is -2.27. The molecule has 0 bridgehead atoms. The maximum atomic E-state index is 10.5. The van der Waals surface area contributed by atoms with Crippen LogP contribution in [0.25, 0.3) is 0 Å². The van der Waals surface area contributed by atoms with Gasteiger partial charge in [0.2, 0.25) is 0 Å². The molecule has 1 aliphatic heterocycles. The lowest BCUT2D eigenvalue weighted by atomic mass is 10.0. The van der Waals surface area contributed by atoms with Gasteiger partial charge in [0.15, 0.2) is 0 Å². The van der Waals surface area contributed by atoms with E-state index in [9.17, 15) is 5.11 Å². The average molecular weight is 303 g/mol. The zero-order valence-corrected chi connectivity index (χ0v) is 12.6. The second kappa shape index (κ2) is 6.56. The monoisotopic (exact) mass is 302 g/mol. The molecule has 3 rings (SSSR count). The number of hydrogen-bond acceptors (Lipinski definition) is 3. The lowest BCUT2D eigenvalue weighted by Crippen LogP contribution is -2.28. The first-order valence-corrected chi connectivity index (χ1v) is 7.70.